The Kier molecular flexibility index (Phi) is 4.41. The molecule has 1 aliphatic rings. The quantitative estimate of drug-likeness (QED) is 0.857. The predicted octanol–water partition coefficient (Wildman–Crippen LogP) is 4.79. The minimum atomic E-state index is 0.844. The fourth-order valence-corrected chi connectivity index (χ4v) is 4.15. The second kappa shape index (κ2) is 6.44. The van der Waals surface area contributed by atoms with Gasteiger partial charge in [-0.1, -0.05) is 12.8 Å². The zero-order valence-electron chi connectivity index (χ0n) is 10.8. The molecule has 1 aromatic heterocycles. The Morgan fingerprint density at radius 3 is 2.68 bits per heavy atom. The number of aromatic nitrogens is 1. The maximum absolute atomic E-state index is 4.08. The van der Waals surface area contributed by atoms with E-state index in [0.717, 1.165) is 11.8 Å². The van der Waals surface area contributed by atoms with Gasteiger partial charge >= 0.3 is 0 Å². The third-order valence-corrected chi connectivity index (χ3v) is 5.54. The van der Waals surface area contributed by atoms with Gasteiger partial charge in [-0.15, -0.1) is 23.1 Å². The summed E-state index contributed by atoms with van der Waals surface area (Å²) in [4.78, 5) is 6.75. The van der Waals surface area contributed by atoms with E-state index in [-0.39, 0.29) is 0 Å². The molecule has 100 valence electrons. The fraction of sp³-hybridized carbons (Fsp3) is 0.400. The highest BCUT2D eigenvalue weighted by Gasteiger charge is 2.15. The lowest BCUT2D eigenvalue weighted by Crippen LogP contribution is -1.97. The topological polar surface area (TPSA) is 24.9 Å². The molecule has 1 fully saturated rings. The molecule has 0 bridgehead atoms. The van der Waals surface area contributed by atoms with Gasteiger partial charge in [-0.3, -0.25) is 4.98 Å². The third-order valence-electron chi connectivity index (χ3n) is 3.41. The molecule has 0 atom stereocenters. The van der Waals surface area contributed by atoms with Crippen molar-refractivity contribution in [2.75, 3.05) is 5.32 Å². The van der Waals surface area contributed by atoms with Gasteiger partial charge in [0.25, 0.3) is 0 Å². The van der Waals surface area contributed by atoms with Crippen molar-refractivity contribution >= 4 is 28.8 Å². The van der Waals surface area contributed by atoms with E-state index in [4.69, 9.17) is 0 Å². The molecule has 19 heavy (non-hydrogen) atoms. The van der Waals surface area contributed by atoms with Gasteiger partial charge in [-0.25, -0.2) is 0 Å². The van der Waals surface area contributed by atoms with E-state index in [1.807, 2.05) is 23.5 Å². The maximum Gasteiger partial charge on any atom is 0.0794 e. The average molecular weight is 290 g/mol. The van der Waals surface area contributed by atoms with Crippen LogP contribution in [0.2, 0.25) is 0 Å². The molecule has 1 saturated carbocycles. The summed E-state index contributed by atoms with van der Waals surface area (Å²) in [6.07, 6.45) is 7.51. The van der Waals surface area contributed by atoms with E-state index < -0.39 is 0 Å². The van der Waals surface area contributed by atoms with Gasteiger partial charge in [-0.05, 0) is 37.1 Å². The Bertz CT molecular complexity index is 487. The fourth-order valence-electron chi connectivity index (χ4n) is 2.37. The van der Waals surface area contributed by atoms with Crippen LogP contribution in [-0.2, 0) is 6.54 Å². The van der Waals surface area contributed by atoms with Crippen LogP contribution in [0, 0.1) is 0 Å². The number of nitrogens with zero attached hydrogens (tertiary/aromatic N) is 1. The molecule has 1 aliphatic carbocycles. The number of anilines is 1. The normalized spacial score (nSPS) is 15.8. The lowest BCUT2D eigenvalue weighted by atomic mass is 10.3. The molecule has 0 spiro atoms. The van der Waals surface area contributed by atoms with E-state index in [0.29, 0.717) is 0 Å². The van der Waals surface area contributed by atoms with Gasteiger partial charge in [0.15, 0.2) is 0 Å². The van der Waals surface area contributed by atoms with Crippen molar-refractivity contribution in [3.8, 4) is 0 Å². The minimum Gasteiger partial charge on any atom is -0.380 e. The first kappa shape index (κ1) is 13.0. The van der Waals surface area contributed by atoms with Crippen LogP contribution in [0.1, 0.15) is 30.6 Å². The molecular weight excluding hydrogens is 272 g/mol. The molecule has 0 unspecified atom stereocenters. The first-order chi connectivity index (χ1) is 9.40. The molecular formula is C15H18N2S2. The summed E-state index contributed by atoms with van der Waals surface area (Å²) in [7, 11) is 0. The largest absolute Gasteiger partial charge is 0.380 e. The number of thiazole rings is 1. The van der Waals surface area contributed by atoms with E-state index in [1.165, 1.54) is 41.1 Å². The predicted molar refractivity (Wildman–Crippen MR) is 84.0 cm³/mol. The van der Waals surface area contributed by atoms with Crippen LogP contribution in [-0.4, -0.2) is 10.2 Å². The molecule has 1 N–H and O–H groups in total. The highest BCUT2D eigenvalue weighted by molar-refractivity contribution is 8.00. The summed E-state index contributed by atoms with van der Waals surface area (Å²) < 4.78 is 0. The van der Waals surface area contributed by atoms with Crippen molar-refractivity contribution in [2.45, 2.75) is 42.4 Å². The highest BCUT2D eigenvalue weighted by atomic mass is 32.2. The summed E-state index contributed by atoms with van der Waals surface area (Å²) in [5, 5.41) is 4.27. The van der Waals surface area contributed by atoms with Gasteiger partial charge in [0.2, 0.25) is 0 Å². The van der Waals surface area contributed by atoms with E-state index >= 15 is 0 Å². The Balaban J connectivity index is 1.53. The van der Waals surface area contributed by atoms with Crippen molar-refractivity contribution in [3.05, 3.63) is 40.8 Å². The van der Waals surface area contributed by atoms with Crippen LogP contribution in [0.25, 0.3) is 0 Å². The number of hydrogen-bond acceptors (Lipinski definition) is 4. The van der Waals surface area contributed by atoms with E-state index in [9.17, 15) is 0 Å². The second-order valence-electron chi connectivity index (χ2n) is 4.87. The van der Waals surface area contributed by atoms with Crippen molar-refractivity contribution < 1.29 is 0 Å². The molecule has 2 aromatic rings. The monoisotopic (exact) mass is 290 g/mol. The molecule has 0 aliphatic heterocycles. The van der Waals surface area contributed by atoms with Gasteiger partial charge in [0.1, 0.15) is 0 Å². The van der Waals surface area contributed by atoms with Crippen LogP contribution in [0.15, 0.2) is 40.9 Å². The smallest absolute Gasteiger partial charge is 0.0794 e. The molecule has 1 aromatic carbocycles. The number of hydrogen-bond donors (Lipinski definition) is 1. The summed E-state index contributed by atoms with van der Waals surface area (Å²) in [5.74, 6) is 0. The standard InChI is InChI=1S/C15H18N2S2/c1-2-4-13(3-1)19-14-7-5-12(6-8-14)17-10-15-9-16-11-18-15/h5-9,11,13,17H,1-4,10H2. The van der Waals surface area contributed by atoms with Crippen LogP contribution >= 0.6 is 23.1 Å². The SMILES string of the molecule is c1ncc(CNc2ccc(SC3CCCC3)cc2)s1. The lowest BCUT2D eigenvalue weighted by molar-refractivity contribution is 0.886. The maximum atomic E-state index is 4.08. The van der Waals surface area contributed by atoms with E-state index in [2.05, 4.69) is 34.6 Å². The Hall–Kier alpha value is -1.00. The summed E-state index contributed by atoms with van der Waals surface area (Å²) in [6, 6.07) is 8.83. The van der Waals surface area contributed by atoms with Crippen LogP contribution in [0.3, 0.4) is 0 Å². The van der Waals surface area contributed by atoms with Gasteiger partial charge in [-0.2, -0.15) is 0 Å². The molecule has 4 heteroatoms. The number of nitrogens with one attached hydrogen (secondary N) is 1. The highest BCUT2D eigenvalue weighted by Crippen LogP contribution is 2.34. The molecule has 0 amide bonds. The summed E-state index contributed by atoms with van der Waals surface area (Å²) in [5.41, 5.74) is 3.06. The summed E-state index contributed by atoms with van der Waals surface area (Å²) in [6.45, 7) is 0.861. The second-order valence-corrected chi connectivity index (χ2v) is 7.21. The van der Waals surface area contributed by atoms with Crippen LogP contribution < -0.4 is 5.32 Å². The molecule has 1 heterocycles. The van der Waals surface area contributed by atoms with Gasteiger partial charge < -0.3 is 5.32 Å². The van der Waals surface area contributed by atoms with Crippen LogP contribution in [0.4, 0.5) is 5.69 Å². The minimum absolute atomic E-state index is 0.844. The Labute approximate surface area is 122 Å². The first-order valence-electron chi connectivity index (χ1n) is 6.78. The first-order valence-corrected chi connectivity index (χ1v) is 8.54. The molecule has 0 saturated heterocycles. The van der Waals surface area contributed by atoms with Crippen molar-refractivity contribution in [2.24, 2.45) is 0 Å². The Morgan fingerprint density at radius 1 is 1.21 bits per heavy atom. The molecule has 0 radical (unpaired) electrons. The number of thioether (sulfide) groups is 1. The lowest BCUT2D eigenvalue weighted by Gasteiger charge is -2.10. The van der Waals surface area contributed by atoms with E-state index in [1.54, 1.807) is 11.3 Å². The Morgan fingerprint density at radius 2 is 2.00 bits per heavy atom. The number of benzene rings is 1. The van der Waals surface area contributed by atoms with Gasteiger partial charge in [0, 0.05) is 26.9 Å². The third kappa shape index (κ3) is 3.74. The average Bonchev–Trinajstić information content (AvgIpc) is 3.11. The number of rotatable bonds is 5. The van der Waals surface area contributed by atoms with Crippen molar-refractivity contribution in [3.63, 3.8) is 0 Å². The van der Waals surface area contributed by atoms with Crippen LogP contribution in [0.5, 0.6) is 0 Å². The molecule has 3 rings (SSSR count). The van der Waals surface area contributed by atoms with Crippen molar-refractivity contribution in [1.29, 1.82) is 0 Å². The summed E-state index contributed by atoms with van der Waals surface area (Å²) >= 11 is 3.73. The van der Waals surface area contributed by atoms with Gasteiger partial charge in [0.05, 0.1) is 12.1 Å². The zero-order valence-corrected chi connectivity index (χ0v) is 12.5. The molecule has 2 nitrogen and oxygen atoms in total. The zero-order chi connectivity index (χ0) is 12.9. The van der Waals surface area contributed by atoms with Crippen molar-refractivity contribution in [1.82, 2.24) is 4.98 Å².